The van der Waals surface area contributed by atoms with Gasteiger partial charge in [-0.05, 0) is 70.4 Å². The highest BCUT2D eigenvalue weighted by Crippen LogP contribution is 2.25. The SMILES string of the molecule is Cc1ccccc1NC(=O)COc1ccc(C=Nn2c(=O)[nH]c3ccccc3c2=O)cc1Br. The molecule has 0 bridgehead atoms. The fraction of sp³-hybridized carbons (Fsp3) is 0.0833. The van der Waals surface area contributed by atoms with Crippen molar-refractivity contribution in [3.05, 3.63) is 103 Å². The Bertz CT molecular complexity index is 1490. The molecule has 1 heterocycles. The molecule has 2 N–H and O–H groups in total. The number of rotatable bonds is 6. The van der Waals surface area contributed by atoms with Gasteiger partial charge in [-0.1, -0.05) is 30.3 Å². The van der Waals surface area contributed by atoms with E-state index in [-0.39, 0.29) is 12.5 Å². The number of halogens is 1. The molecular formula is C24H19BrN4O4. The summed E-state index contributed by atoms with van der Waals surface area (Å²) in [5, 5.41) is 7.21. The maximum absolute atomic E-state index is 12.6. The number of H-pyrrole nitrogens is 1. The van der Waals surface area contributed by atoms with Gasteiger partial charge in [-0.2, -0.15) is 5.10 Å². The van der Waals surface area contributed by atoms with Crippen LogP contribution in [0.25, 0.3) is 10.9 Å². The van der Waals surface area contributed by atoms with E-state index in [0.717, 1.165) is 15.9 Å². The summed E-state index contributed by atoms with van der Waals surface area (Å²) in [7, 11) is 0. The first-order valence-electron chi connectivity index (χ1n) is 9.98. The van der Waals surface area contributed by atoms with E-state index < -0.39 is 11.2 Å². The fourth-order valence-corrected chi connectivity index (χ4v) is 3.65. The number of aromatic nitrogens is 2. The Morgan fingerprint density at radius 3 is 2.67 bits per heavy atom. The number of nitrogens with zero attached hydrogens (tertiary/aromatic N) is 2. The standard InChI is InChI=1S/C24H19BrN4O4/c1-15-6-2-4-8-19(15)27-22(30)14-33-21-11-10-16(12-18(21)25)13-26-29-23(31)17-7-3-5-9-20(17)28-24(29)32/h2-13H,14H2,1H3,(H,27,30)(H,28,32). The number of para-hydroxylation sites is 2. The van der Waals surface area contributed by atoms with Gasteiger partial charge in [-0.25, -0.2) is 4.79 Å². The third kappa shape index (κ3) is 5.09. The minimum Gasteiger partial charge on any atom is -0.483 e. The minimum atomic E-state index is -0.631. The van der Waals surface area contributed by atoms with Crippen LogP contribution in [-0.2, 0) is 4.79 Å². The van der Waals surface area contributed by atoms with E-state index in [2.05, 4.69) is 31.3 Å². The van der Waals surface area contributed by atoms with Gasteiger partial charge in [-0.3, -0.25) is 9.59 Å². The minimum absolute atomic E-state index is 0.164. The summed E-state index contributed by atoms with van der Waals surface area (Å²) >= 11 is 3.41. The summed E-state index contributed by atoms with van der Waals surface area (Å²) in [6, 6.07) is 19.3. The molecule has 0 aliphatic heterocycles. The predicted molar refractivity (Wildman–Crippen MR) is 131 cm³/mol. The number of ether oxygens (including phenoxy) is 1. The molecule has 0 unspecified atom stereocenters. The second kappa shape index (κ2) is 9.66. The smallest absolute Gasteiger partial charge is 0.349 e. The zero-order valence-electron chi connectivity index (χ0n) is 17.5. The van der Waals surface area contributed by atoms with Gasteiger partial charge >= 0.3 is 5.69 Å². The molecule has 0 aliphatic carbocycles. The fourth-order valence-electron chi connectivity index (χ4n) is 3.14. The lowest BCUT2D eigenvalue weighted by atomic mass is 10.2. The van der Waals surface area contributed by atoms with Crippen LogP contribution < -0.4 is 21.3 Å². The van der Waals surface area contributed by atoms with E-state index in [0.29, 0.717) is 26.7 Å². The zero-order valence-corrected chi connectivity index (χ0v) is 19.1. The van der Waals surface area contributed by atoms with Crippen molar-refractivity contribution < 1.29 is 9.53 Å². The van der Waals surface area contributed by atoms with Crippen molar-refractivity contribution in [1.29, 1.82) is 0 Å². The molecule has 4 rings (SSSR count). The van der Waals surface area contributed by atoms with Gasteiger partial charge in [0.2, 0.25) is 0 Å². The van der Waals surface area contributed by atoms with Crippen LogP contribution in [0.1, 0.15) is 11.1 Å². The molecular weight excluding hydrogens is 488 g/mol. The monoisotopic (exact) mass is 506 g/mol. The van der Waals surface area contributed by atoms with Crippen molar-refractivity contribution in [3.8, 4) is 5.75 Å². The van der Waals surface area contributed by atoms with Crippen LogP contribution in [0.3, 0.4) is 0 Å². The average Bonchev–Trinajstić information content (AvgIpc) is 2.80. The van der Waals surface area contributed by atoms with Crippen molar-refractivity contribution in [2.24, 2.45) is 5.10 Å². The molecule has 0 spiro atoms. The van der Waals surface area contributed by atoms with E-state index in [9.17, 15) is 14.4 Å². The molecule has 0 radical (unpaired) electrons. The van der Waals surface area contributed by atoms with Gasteiger partial charge in [0.05, 0.1) is 21.6 Å². The lowest BCUT2D eigenvalue weighted by Crippen LogP contribution is -2.32. The predicted octanol–water partition coefficient (Wildman–Crippen LogP) is 3.66. The number of hydrogen-bond acceptors (Lipinski definition) is 5. The van der Waals surface area contributed by atoms with Crippen LogP contribution in [0.4, 0.5) is 5.69 Å². The van der Waals surface area contributed by atoms with E-state index >= 15 is 0 Å². The Morgan fingerprint density at radius 2 is 1.88 bits per heavy atom. The van der Waals surface area contributed by atoms with E-state index in [4.69, 9.17) is 4.74 Å². The Kier molecular flexibility index (Phi) is 6.50. The average molecular weight is 507 g/mol. The van der Waals surface area contributed by atoms with Gasteiger partial charge < -0.3 is 15.0 Å². The Morgan fingerprint density at radius 1 is 1.12 bits per heavy atom. The van der Waals surface area contributed by atoms with E-state index in [1.165, 1.54) is 6.21 Å². The molecule has 4 aromatic rings. The normalized spacial score (nSPS) is 11.1. The lowest BCUT2D eigenvalue weighted by molar-refractivity contribution is -0.118. The quantitative estimate of drug-likeness (QED) is 0.389. The third-order valence-corrected chi connectivity index (χ3v) is 5.46. The van der Waals surface area contributed by atoms with Crippen LogP contribution in [0.15, 0.2) is 85.9 Å². The molecule has 9 heteroatoms. The van der Waals surface area contributed by atoms with Crippen LogP contribution in [-0.4, -0.2) is 28.4 Å². The number of carbonyl (C=O) groups is 1. The van der Waals surface area contributed by atoms with Crippen molar-refractivity contribution in [1.82, 2.24) is 9.66 Å². The molecule has 1 aromatic heterocycles. The molecule has 1 amide bonds. The number of aromatic amines is 1. The molecule has 0 saturated heterocycles. The molecule has 166 valence electrons. The highest BCUT2D eigenvalue weighted by atomic mass is 79.9. The van der Waals surface area contributed by atoms with Crippen molar-refractivity contribution in [2.45, 2.75) is 6.92 Å². The molecule has 0 atom stereocenters. The number of fused-ring (bicyclic) bond motifs is 1. The first kappa shape index (κ1) is 22.2. The van der Waals surface area contributed by atoms with Crippen LogP contribution in [0, 0.1) is 6.92 Å². The molecule has 8 nitrogen and oxygen atoms in total. The van der Waals surface area contributed by atoms with Gasteiger partial charge in [-0.15, -0.1) is 4.68 Å². The zero-order chi connectivity index (χ0) is 23.4. The summed E-state index contributed by atoms with van der Waals surface area (Å²) in [6.07, 6.45) is 1.39. The maximum Gasteiger partial charge on any atom is 0.349 e. The maximum atomic E-state index is 12.6. The first-order chi connectivity index (χ1) is 15.9. The first-order valence-corrected chi connectivity index (χ1v) is 10.8. The summed E-state index contributed by atoms with van der Waals surface area (Å²) in [4.78, 5) is 39.6. The highest BCUT2D eigenvalue weighted by molar-refractivity contribution is 9.10. The summed E-state index contributed by atoms with van der Waals surface area (Å²) in [5.74, 6) is 0.185. The second-order valence-electron chi connectivity index (χ2n) is 7.18. The van der Waals surface area contributed by atoms with Crippen molar-refractivity contribution in [2.75, 3.05) is 11.9 Å². The molecule has 0 fully saturated rings. The van der Waals surface area contributed by atoms with Crippen LogP contribution >= 0.6 is 15.9 Å². The largest absolute Gasteiger partial charge is 0.483 e. The number of amides is 1. The van der Waals surface area contributed by atoms with Crippen LogP contribution in [0.2, 0.25) is 0 Å². The summed E-state index contributed by atoms with van der Waals surface area (Å²) in [6.45, 7) is 1.75. The van der Waals surface area contributed by atoms with E-state index in [1.807, 2.05) is 31.2 Å². The van der Waals surface area contributed by atoms with Gasteiger partial charge in [0, 0.05) is 5.69 Å². The van der Waals surface area contributed by atoms with Gasteiger partial charge in [0.15, 0.2) is 6.61 Å². The van der Waals surface area contributed by atoms with Gasteiger partial charge in [0.1, 0.15) is 5.75 Å². The topological polar surface area (TPSA) is 106 Å². The number of anilines is 1. The molecule has 0 saturated carbocycles. The number of benzene rings is 3. The lowest BCUT2D eigenvalue weighted by Gasteiger charge is -2.10. The van der Waals surface area contributed by atoms with Crippen molar-refractivity contribution >= 4 is 44.6 Å². The molecule has 0 aliphatic rings. The molecule has 33 heavy (non-hydrogen) atoms. The molecule has 3 aromatic carbocycles. The third-order valence-electron chi connectivity index (χ3n) is 4.84. The van der Waals surface area contributed by atoms with E-state index in [1.54, 1.807) is 42.5 Å². The Balaban J connectivity index is 1.46. The van der Waals surface area contributed by atoms with Crippen LogP contribution in [0.5, 0.6) is 5.75 Å². The number of aryl methyl sites for hydroxylation is 1. The number of hydrogen-bond donors (Lipinski definition) is 2. The van der Waals surface area contributed by atoms with Gasteiger partial charge in [0.25, 0.3) is 11.5 Å². The highest BCUT2D eigenvalue weighted by Gasteiger charge is 2.09. The second-order valence-corrected chi connectivity index (χ2v) is 8.03. The van der Waals surface area contributed by atoms with Crippen molar-refractivity contribution in [3.63, 3.8) is 0 Å². The number of nitrogens with one attached hydrogen (secondary N) is 2. The Hall–Kier alpha value is -3.98. The summed E-state index contributed by atoms with van der Waals surface area (Å²) in [5.41, 5.74) is 1.63. The number of carbonyl (C=O) groups excluding carboxylic acids is 1. The Labute approximate surface area is 196 Å². The summed E-state index contributed by atoms with van der Waals surface area (Å²) < 4.78 is 6.97.